The van der Waals surface area contributed by atoms with Crippen molar-refractivity contribution in [3.8, 4) is 0 Å². The monoisotopic (exact) mass is 355 g/mol. The van der Waals surface area contributed by atoms with Crippen molar-refractivity contribution >= 4 is 28.4 Å². The van der Waals surface area contributed by atoms with E-state index in [1.54, 1.807) is 0 Å². The lowest BCUT2D eigenvalue weighted by Gasteiger charge is -2.28. The minimum Gasteiger partial charge on any atom is -0.360 e. The van der Waals surface area contributed by atoms with Crippen LogP contribution < -0.4 is 0 Å². The van der Waals surface area contributed by atoms with Gasteiger partial charge in [0, 0.05) is 46.7 Å². The van der Waals surface area contributed by atoms with E-state index in [0.29, 0.717) is 18.8 Å². The zero-order valence-electron chi connectivity index (χ0n) is 13.8. The molecule has 0 saturated heterocycles. The molecule has 1 amide bonds. The van der Waals surface area contributed by atoms with Gasteiger partial charge in [-0.15, -0.1) is 0 Å². The summed E-state index contributed by atoms with van der Waals surface area (Å²) >= 11 is 6.10. The van der Waals surface area contributed by atoms with Gasteiger partial charge in [0.25, 0.3) is 5.91 Å². The third kappa shape index (κ3) is 2.37. The highest BCUT2D eigenvalue weighted by molar-refractivity contribution is 6.31. The van der Waals surface area contributed by atoms with Crippen LogP contribution in [0.15, 0.2) is 28.8 Å². The minimum absolute atomic E-state index is 0.0126. The van der Waals surface area contributed by atoms with E-state index in [9.17, 15) is 4.79 Å². The average molecular weight is 356 g/mol. The van der Waals surface area contributed by atoms with Gasteiger partial charge in [-0.05, 0) is 43.5 Å². The van der Waals surface area contributed by atoms with Crippen LogP contribution in [-0.4, -0.2) is 27.1 Å². The predicted molar refractivity (Wildman–Crippen MR) is 94.8 cm³/mol. The standard InChI is InChI=1S/C19H18ClN3O2/c20-13-5-6-16-12(9-13)10-14-11-22(7-8-23(14)16)19(24)18-15-3-1-2-4-17(15)25-21-18/h5-6,9-10H,1-4,7-8,11H2. The molecule has 2 aromatic heterocycles. The van der Waals surface area contributed by atoms with E-state index >= 15 is 0 Å². The van der Waals surface area contributed by atoms with Crippen LogP contribution in [0.5, 0.6) is 0 Å². The van der Waals surface area contributed by atoms with E-state index in [1.165, 1.54) is 5.52 Å². The summed E-state index contributed by atoms with van der Waals surface area (Å²) in [6.07, 6.45) is 4.00. The van der Waals surface area contributed by atoms with Crippen LogP contribution in [0.25, 0.3) is 10.9 Å². The van der Waals surface area contributed by atoms with Gasteiger partial charge in [-0.1, -0.05) is 16.8 Å². The molecule has 0 atom stereocenters. The molecule has 1 aromatic carbocycles. The number of carbonyl (C=O) groups excluding carboxylic acids is 1. The molecular formula is C19H18ClN3O2. The van der Waals surface area contributed by atoms with Crippen LogP contribution in [0.3, 0.4) is 0 Å². The van der Waals surface area contributed by atoms with Gasteiger partial charge in [0.05, 0.1) is 6.54 Å². The Morgan fingerprint density at radius 1 is 1.16 bits per heavy atom. The number of aromatic nitrogens is 2. The third-order valence-electron chi connectivity index (χ3n) is 5.34. The van der Waals surface area contributed by atoms with Crippen LogP contribution >= 0.6 is 11.6 Å². The van der Waals surface area contributed by atoms with Crippen molar-refractivity contribution in [2.75, 3.05) is 6.54 Å². The number of hydrogen-bond acceptors (Lipinski definition) is 3. The lowest BCUT2D eigenvalue weighted by Crippen LogP contribution is -2.38. The second-order valence-corrected chi connectivity index (χ2v) is 7.29. The first-order chi connectivity index (χ1) is 12.2. The predicted octanol–water partition coefficient (Wildman–Crippen LogP) is 3.82. The summed E-state index contributed by atoms with van der Waals surface area (Å²) in [5, 5.41) is 5.95. The van der Waals surface area contributed by atoms with E-state index in [2.05, 4.69) is 15.8 Å². The van der Waals surface area contributed by atoms with Gasteiger partial charge in [0.15, 0.2) is 5.69 Å². The Bertz CT molecular complexity index is 988. The number of fused-ring (bicyclic) bond motifs is 4. The van der Waals surface area contributed by atoms with Crippen molar-refractivity contribution in [2.45, 2.75) is 38.8 Å². The Kier molecular flexibility index (Phi) is 3.38. The fourth-order valence-electron chi connectivity index (χ4n) is 4.07. The summed E-state index contributed by atoms with van der Waals surface area (Å²) in [6, 6.07) is 8.06. The summed E-state index contributed by atoms with van der Waals surface area (Å²) in [5.74, 6) is 0.886. The van der Waals surface area contributed by atoms with Crippen molar-refractivity contribution in [3.05, 3.63) is 52.0 Å². The van der Waals surface area contributed by atoms with Gasteiger partial charge in [-0.25, -0.2) is 0 Å². The average Bonchev–Trinajstić information content (AvgIpc) is 3.21. The first kappa shape index (κ1) is 15.0. The highest BCUT2D eigenvalue weighted by atomic mass is 35.5. The summed E-state index contributed by atoms with van der Waals surface area (Å²) in [6.45, 7) is 2.05. The first-order valence-corrected chi connectivity index (χ1v) is 9.13. The fourth-order valence-corrected chi connectivity index (χ4v) is 4.25. The van der Waals surface area contributed by atoms with E-state index in [4.69, 9.17) is 16.1 Å². The molecule has 0 bridgehead atoms. The quantitative estimate of drug-likeness (QED) is 0.666. The molecule has 128 valence electrons. The number of hydrogen-bond donors (Lipinski definition) is 0. The molecular weight excluding hydrogens is 338 g/mol. The zero-order valence-corrected chi connectivity index (χ0v) is 14.6. The van der Waals surface area contributed by atoms with Crippen molar-refractivity contribution in [1.82, 2.24) is 14.6 Å². The smallest absolute Gasteiger partial charge is 0.276 e. The maximum Gasteiger partial charge on any atom is 0.276 e. The molecule has 0 fully saturated rings. The molecule has 5 rings (SSSR count). The number of rotatable bonds is 1. The molecule has 3 aromatic rings. The van der Waals surface area contributed by atoms with Crippen molar-refractivity contribution in [1.29, 1.82) is 0 Å². The molecule has 2 aliphatic rings. The van der Waals surface area contributed by atoms with E-state index in [-0.39, 0.29) is 5.91 Å². The van der Waals surface area contributed by atoms with E-state index < -0.39 is 0 Å². The van der Waals surface area contributed by atoms with Gasteiger partial charge < -0.3 is 14.0 Å². The molecule has 0 saturated carbocycles. The highest BCUT2D eigenvalue weighted by Gasteiger charge is 2.29. The Labute approximate surface area is 150 Å². The lowest BCUT2D eigenvalue weighted by atomic mass is 9.96. The maximum atomic E-state index is 13.0. The SMILES string of the molecule is O=C(c1noc2c1CCCC2)N1CCn2c(cc3cc(Cl)ccc32)C1. The fraction of sp³-hybridized carbons (Fsp3) is 0.368. The van der Waals surface area contributed by atoms with Crippen LogP contribution in [0, 0.1) is 0 Å². The number of halogens is 1. The van der Waals surface area contributed by atoms with Crippen molar-refractivity contribution in [3.63, 3.8) is 0 Å². The molecule has 25 heavy (non-hydrogen) atoms. The largest absolute Gasteiger partial charge is 0.360 e. The molecule has 6 heteroatoms. The molecule has 0 N–H and O–H groups in total. The zero-order chi connectivity index (χ0) is 17.0. The van der Waals surface area contributed by atoms with Gasteiger partial charge in [0.1, 0.15) is 5.76 Å². The first-order valence-electron chi connectivity index (χ1n) is 8.75. The topological polar surface area (TPSA) is 51.3 Å². The summed E-state index contributed by atoms with van der Waals surface area (Å²) in [7, 11) is 0. The number of carbonyl (C=O) groups is 1. The highest BCUT2D eigenvalue weighted by Crippen LogP contribution is 2.29. The van der Waals surface area contributed by atoms with Crippen molar-refractivity contribution in [2.24, 2.45) is 0 Å². The van der Waals surface area contributed by atoms with Gasteiger partial charge in [-0.3, -0.25) is 4.79 Å². The lowest BCUT2D eigenvalue weighted by molar-refractivity contribution is 0.0701. The van der Waals surface area contributed by atoms with Gasteiger partial charge in [0.2, 0.25) is 0 Å². The summed E-state index contributed by atoms with van der Waals surface area (Å²) in [5.41, 5.74) is 3.84. The Morgan fingerprint density at radius 2 is 2.04 bits per heavy atom. The van der Waals surface area contributed by atoms with Gasteiger partial charge >= 0.3 is 0 Å². The number of nitrogens with zero attached hydrogens (tertiary/aromatic N) is 3. The second-order valence-electron chi connectivity index (χ2n) is 6.86. The number of benzene rings is 1. The minimum atomic E-state index is -0.0126. The summed E-state index contributed by atoms with van der Waals surface area (Å²) in [4.78, 5) is 14.9. The maximum absolute atomic E-state index is 13.0. The molecule has 0 unspecified atom stereocenters. The summed E-state index contributed by atoms with van der Waals surface area (Å²) < 4.78 is 7.68. The molecule has 0 spiro atoms. The van der Waals surface area contributed by atoms with Crippen LogP contribution in [0.2, 0.25) is 5.02 Å². The molecule has 0 radical (unpaired) electrons. The van der Waals surface area contributed by atoms with Crippen LogP contribution in [-0.2, 0) is 25.9 Å². The van der Waals surface area contributed by atoms with Crippen molar-refractivity contribution < 1.29 is 9.32 Å². The van der Waals surface area contributed by atoms with Gasteiger partial charge in [-0.2, -0.15) is 0 Å². The Morgan fingerprint density at radius 3 is 2.96 bits per heavy atom. The molecule has 1 aliphatic carbocycles. The number of aryl methyl sites for hydroxylation is 1. The molecule has 3 heterocycles. The van der Waals surface area contributed by atoms with Crippen LogP contribution in [0.1, 0.15) is 40.3 Å². The third-order valence-corrected chi connectivity index (χ3v) is 5.57. The number of amides is 1. The molecule has 1 aliphatic heterocycles. The van der Waals surface area contributed by atoms with E-state index in [1.807, 2.05) is 23.1 Å². The van der Waals surface area contributed by atoms with E-state index in [0.717, 1.165) is 59.7 Å². The second kappa shape index (κ2) is 5.63. The normalized spacial score (nSPS) is 16.8. The molecule has 5 nitrogen and oxygen atoms in total. The Balaban J connectivity index is 1.46. The Hall–Kier alpha value is -2.27. The van der Waals surface area contributed by atoms with Crippen LogP contribution in [0.4, 0.5) is 0 Å².